The normalized spacial score (nSPS) is 28.6. The lowest BCUT2D eigenvalue weighted by Crippen LogP contribution is -2.59. The van der Waals surface area contributed by atoms with Crippen LogP contribution in [0.3, 0.4) is 0 Å². The van der Waals surface area contributed by atoms with E-state index < -0.39 is 46.6 Å². The average molecular weight is 695 g/mol. The Kier molecular flexibility index (Phi) is 10.0. The molecule has 49 heavy (non-hydrogen) atoms. The summed E-state index contributed by atoms with van der Waals surface area (Å²) in [4.78, 5) is 76.0. The Bertz CT molecular complexity index is 1530. The van der Waals surface area contributed by atoms with E-state index in [0.717, 1.165) is 44.1 Å². The minimum absolute atomic E-state index is 0.0530. The summed E-state index contributed by atoms with van der Waals surface area (Å²) in [5, 5.41) is 10.9. The molecule has 2 heterocycles. The van der Waals surface area contributed by atoms with E-state index in [0.29, 0.717) is 42.3 Å². The number of amides is 3. The molecule has 0 radical (unpaired) electrons. The molecule has 1 spiro atoms. The zero-order valence-electron chi connectivity index (χ0n) is 29.3. The van der Waals surface area contributed by atoms with Crippen LogP contribution in [0.25, 0.3) is 0 Å². The molecule has 1 saturated heterocycles. The number of rotatable bonds is 13. The van der Waals surface area contributed by atoms with Gasteiger partial charge >= 0.3 is 0 Å². The second-order valence-electron chi connectivity index (χ2n) is 16.5. The van der Waals surface area contributed by atoms with Gasteiger partial charge in [-0.3, -0.25) is 24.0 Å². The Labute approximate surface area is 294 Å². The second-order valence-corrected chi connectivity index (χ2v) is 17.0. The maximum atomic E-state index is 14.6. The van der Waals surface area contributed by atoms with Gasteiger partial charge in [0.15, 0.2) is 5.60 Å². The van der Waals surface area contributed by atoms with Crippen LogP contribution in [0.5, 0.6) is 0 Å². The molecule has 3 amide bonds. The molecule has 0 aromatic heterocycles. The fraction of sp³-hybridized carbons (Fsp3) is 0.684. The summed E-state index contributed by atoms with van der Waals surface area (Å²) in [6.45, 7) is 7.68. The first kappa shape index (κ1) is 35.6. The summed E-state index contributed by atoms with van der Waals surface area (Å²) in [6, 6.07) is 4.41. The first-order valence-electron chi connectivity index (χ1n) is 18.2. The van der Waals surface area contributed by atoms with Crippen molar-refractivity contribution in [2.45, 2.75) is 135 Å². The van der Waals surface area contributed by atoms with Gasteiger partial charge in [-0.1, -0.05) is 75.8 Å². The van der Waals surface area contributed by atoms with E-state index in [2.05, 4.69) is 15.8 Å². The van der Waals surface area contributed by atoms with E-state index in [-0.39, 0.29) is 42.5 Å². The smallest absolute Gasteiger partial charge is 0.246 e. The van der Waals surface area contributed by atoms with Gasteiger partial charge in [0.25, 0.3) is 0 Å². The average Bonchev–Trinajstić information content (AvgIpc) is 3.93. The number of fused-ring (bicyclic) bond motifs is 1. The van der Waals surface area contributed by atoms with Gasteiger partial charge in [0, 0.05) is 36.3 Å². The van der Waals surface area contributed by atoms with Gasteiger partial charge in [-0.15, -0.1) is 0 Å². The van der Waals surface area contributed by atoms with Crippen molar-refractivity contribution in [3.8, 4) is 0 Å². The van der Waals surface area contributed by atoms with Crippen LogP contribution in [-0.2, 0) is 28.8 Å². The number of halogens is 1. The van der Waals surface area contributed by atoms with Crippen molar-refractivity contribution in [1.82, 2.24) is 15.5 Å². The van der Waals surface area contributed by atoms with Crippen LogP contribution in [0.2, 0.25) is 5.02 Å². The van der Waals surface area contributed by atoms with E-state index in [4.69, 9.17) is 16.4 Å². The Balaban J connectivity index is 1.23. The molecule has 3 saturated carbocycles. The monoisotopic (exact) mass is 694 g/mol. The number of ketones is 2. The van der Waals surface area contributed by atoms with Crippen LogP contribution in [0, 0.1) is 22.7 Å². The summed E-state index contributed by atoms with van der Waals surface area (Å²) >= 11 is 6.26. The maximum absolute atomic E-state index is 14.6. The topological polar surface area (TPSA) is 134 Å². The van der Waals surface area contributed by atoms with Gasteiger partial charge in [-0.05, 0) is 73.3 Å². The molecular formula is C38H51ClN4O6. The first-order chi connectivity index (χ1) is 23.2. The van der Waals surface area contributed by atoms with Crippen molar-refractivity contribution in [1.29, 1.82) is 0 Å². The van der Waals surface area contributed by atoms with Gasteiger partial charge in [0.1, 0.15) is 12.1 Å². The third-order valence-electron chi connectivity index (χ3n) is 11.4. The molecule has 1 aromatic rings. The standard InChI is InChI=1S/C38H51ClN4O6/c1-5-9-27(32(46)30(44)16-23-13-14-23)40-34(47)29-20-38(19-28(42-49-38)24-10-8-12-26(39)17-24)22-43(29)35(48)33(36(2,3)4)41-31(45)21-37-15-7-6-11-25(37)18-37/h8,10,12,17,23,25,27,29,33H,5-7,9,11,13-16,18-22H2,1-4H3,(H,40,47)(H,41,45)/t25?,27-,29-,33+,37?,38+/m0/s1. The molecule has 5 aliphatic rings. The van der Waals surface area contributed by atoms with Crippen LogP contribution >= 0.6 is 11.6 Å². The molecule has 11 heteroatoms. The SMILES string of the molecule is CCC[C@H](NC(=O)[C@@H]1C[C@]2(CC(c3cccc(Cl)c3)=NO2)CN1C(=O)[C@@H](NC(=O)CC12CCCCC1C2)C(C)(C)C)C(=O)C(=O)CC1CC1. The third-order valence-corrected chi connectivity index (χ3v) is 11.6. The zero-order valence-corrected chi connectivity index (χ0v) is 30.1. The van der Waals surface area contributed by atoms with Crippen LogP contribution in [0.15, 0.2) is 29.4 Å². The number of carbonyl (C=O) groups excluding carboxylic acids is 5. The van der Waals surface area contributed by atoms with Gasteiger partial charge in [-0.25, -0.2) is 0 Å². The number of hydrogen-bond donors (Lipinski definition) is 2. The Morgan fingerprint density at radius 3 is 2.53 bits per heavy atom. The molecular weight excluding hydrogens is 644 g/mol. The largest absolute Gasteiger partial charge is 0.387 e. The van der Waals surface area contributed by atoms with E-state index in [1.807, 2.05) is 39.8 Å². The number of nitrogens with one attached hydrogen (secondary N) is 2. The number of Topliss-reactive ketones (excluding diaryl/α,β-unsaturated/α-hetero) is 2. The highest BCUT2D eigenvalue weighted by atomic mass is 35.5. The summed E-state index contributed by atoms with van der Waals surface area (Å²) in [6.07, 6.45) is 9.49. The molecule has 2 unspecified atom stereocenters. The van der Waals surface area contributed by atoms with Gasteiger partial charge < -0.3 is 20.4 Å². The Morgan fingerprint density at radius 1 is 1.08 bits per heavy atom. The fourth-order valence-corrected chi connectivity index (χ4v) is 8.51. The molecule has 266 valence electrons. The minimum Gasteiger partial charge on any atom is -0.387 e. The van der Waals surface area contributed by atoms with Gasteiger partial charge in [0.2, 0.25) is 29.3 Å². The lowest BCUT2D eigenvalue weighted by atomic mass is 9.83. The van der Waals surface area contributed by atoms with Crippen LogP contribution in [-0.4, -0.2) is 70.2 Å². The minimum atomic E-state index is -1.00. The van der Waals surface area contributed by atoms with Crippen LogP contribution in [0.4, 0.5) is 0 Å². The fourth-order valence-electron chi connectivity index (χ4n) is 8.32. The summed E-state index contributed by atoms with van der Waals surface area (Å²) in [5.41, 5.74) is -0.149. The number of hydrogen-bond acceptors (Lipinski definition) is 7. The quantitative estimate of drug-likeness (QED) is 0.261. The molecule has 2 N–H and O–H groups in total. The van der Waals surface area contributed by atoms with Crippen molar-refractivity contribution >= 4 is 46.6 Å². The lowest BCUT2D eigenvalue weighted by molar-refractivity contribution is -0.145. The number of likely N-dealkylation sites (tertiary alicyclic amines) is 1. The summed E-state index contributed by atoms with van der Waals surface area (Å²) in [5.74, 6) is -1.24. The molecule has 3 aliphatic carbocycles. The molecule has 4 fully saturated rings. The lowest BCUT2D eigenvalue weighted by Gasteiger charge is -2.36. The molecule has 2 aliphatic heterocycles. The van der Waals surface area contributed by atoms with E-state index in [9.17, 15) is 24.0 Å². The van der Waals surface area contributed by atoms with Crippen molar-refractivity contribution in [3.63, 3.8) is 0 Å². The molecule has 6 rings (SSSR count). The van der Waals surface area contributed by atoms with Crippen molar-refractivity contribution in [2.75, 3.05) is 6.54 Å². The molecule has 10 nitrogen and oxygen atoms in total. The Morgan fingerprint density at radius 2 is 1.86 bits per heavy atom. The van der Waals surface area contributed by atoms with Gasteiger partial charge in [0.05, 0.1) is 18.3 Å². The second kappa shape index (κ2) is 13.8. The van der Waals surface area contributed by atoms with E-state index in [1.54, 1.807) is 12.1 Å². The highest BCUT2D eigenvalue weighted by molar-refractivity contribution is 6.39. The predicted molar refractivity (Wildman–Crippen MR) is 186 cm³/mol. The van der Waals surface area contributed by atoms with Crippen LogP contribution in [0.1, 0.15) is 117 Å². The molecule has 0 bridgehead atoms. The summed E-state index contributed by atoms with van der Waals surface area (Å²) < 4.78 is 0. The van der Waals surface area contributed by atoms with Crippen molar-refractivity contribution in [3.05, 3.63) is 34.9 Å². The maximum Gasteiger partial charge on any atom is 0.246 e. The number of carbonyl (C=O) groups is 5. The Hall–Kier alpha value is -3.27. The van der Waals surface area contributed by atoms with Crippen LogP contribution < -0.4 is 10.6 Å². The highest BCUT2D eigenvalue weighted by Gasteiger charge is 2.57. The van der Waals surface area contributed by atoms with Gasteiger partial charge in [-0.2, -0.15) is 0 Å². The van der Waals surface area contributed by atoms with Crippen molar-refractivity contribution in [2.24, 2.45) is 27.8 Å². The molecule has 1 aromatic carbocycles. The summed E-state index contributed by atoms with van der Waals surface area (Å²) in [7, 11) is 0. The first-order valence-corrected chi connectivity index (χ1v) is 18.6. The number of oxime groups is 1. The number of benzene rings is 1. The molecule has 6 atom stereocenters. The third kappa shape index (κ3) is 7.89. The highest BCUT2D eigenvalue weighted by Crippen LogP contribution is 2.63. The zero-order chi connectivity index (χ0) is 35.1. The van der Waals surface area contributed by atoms with Crippen molar-refractivity contribution < 1.29 is 28.8 Å². The number of nitrogens with zero attached hydrogens (tertiary/aromatic N) is 2. The van der Waals surface area contributed by atoms with E-state index in [1.165, 1.54) is 11.3 Å². The predicted octanol–water partition coefficient (Wildman–Crippen LogP) is 5.53. The van der Waals surface area contributed by atoms with E-state index >= 15 is 0 Å².